The molecule has 0 atom stereocenters. The summed E-state index contributed by atoms with van der Waals surface area (Å²) < 4.78 is 5.14. The predicted molar refractivity (Wildman–Crippen MR) is 72.6 cm³/mol. The fourth-order valence-corrected chi connectivity index (χ4v) is 1.78. The molecule has 0 aromatic heterocycles. The largest absolute Gasteiger partial charge is 0.368 e. The second-order valence-electron chi connectivity index (χ2n) is 4.54. The summed E-state index contributed by atoms with van der Waals surface area (Å²) in [5.74, 6) is -0.552. The molecule has 0 unspecified atom stereocenters. The Labute approximate surface area is 119 Å². The third kappa shape index (κ3) is 3.89. The number of nitrogens with two attached hydrogens (primary N) is 1. The molecule has 0 saturated carbocycles. The molecule has 1 aromatic rings. The molecule has 1 fully saturated rings. The zero-order chi connectivity index (χ0) is 15.4. The van der Waals surface area contributed by atoms with Gasteiger partial charge in [-0.25, -0.2) is 4.79 Å². The maximum atomic E-state index is 11.8. The molecule has 0 spiro atoms. The Morgan fingerprint density at radius 3 is 2.52 bits per heavy atom. The minimum Gasteiger partial charge on any atom is -0.368 e. The van der Waals surface area contributed by atoms with E-state index in [1.54, 1.807) is 0 Å². The topological polar surface area (TPSA) is 128 Å². The molecule has 1 aliphatic rings. The molecule has 1 saturated heterocycles. The number of amides is 3. The van der Waals surface area contributed by atoms with Crippen LogP contribution in [-0.4, -0.2) is 47.6 Å². The van der Waals surface area contributed by atoms with Crippen molar-refractivity contribution in [3.05, 3.63) is 34.4 Å². The highest BCUT2D eigenvalue weighted by atomic mass is 16.6. The third-order valence-corrected chi connectivity index (χ3v) is 2.93. The summed E-state index contributed by atoms with van der Waals surface area (Å²) in [7, 11) is 0. The van der Waals surface area contributed by atoms with E-state index in [-0.39, 0.29) is 24.4 Å². The number of hydrogen-bond donors (Lipinski definition) is 2. The summed E-state index contributed by atoms with van der Waals surface area (Å²) in [6.45, 7) is 0.570. The Bertz CT molecular complexity index is 553. The molecular formula is C12H14N4O5. The van der Waals surface area contributed by atoms with Crippen LogP contribution in [0.4, 0.5) is 16.2 Å². The van der Waals surface area contributed by atoms with Crippen LogP contribution in [0, 0.1) is 10.1 Å². The van der Waals surface area contributed by atoms with Gasteiger partial charge in [0.1, 0.15) is 6.61 Å². The number of benzene rings is 1. The van der Waals surface area contributed by atoms with Crippen LogP contribution in [0.5, 0.6) is 0 Å². The van der Waals surface area contributed by atoms with Crippen molar-refractivity contribution in [3.63, 3.8) is 0 Å². The quantitative estimate of drug-likeness (QED) is 0.596. The SMILES string of the molecule is NC(=O)COC1CN(C(=O)Nc2ccc([N+](=O)[O-])cc2)C1. The van der Waals surface area contributed by atoms with E-state index in [2.05, 4.69) is 5.32 Å². The number of nitrogens with one attached hydrogen (secondary N) is 1. The van der Waals surface area contributed by atoms with Crippen LogP contribution in [0.25, 0.3) is 0 Å². The summed E-state index contributed by atoms with van der Waals surface area (Å²) in [5.41, 5.74) is 5.37. The minimum absolute atomic E-state index is 0.0446. The second-order valence-corrected chi connectivity index (χ2v) is 4.54. The van der Waals surface area contributed by atoms with Gasteiger partial charge in [-0.05, 0) is 12.1 Å². The van der Waals surface area contributed by atoms with E-state index in [0.29, 0.717) is 18.8 Å². The van der Waals surface area contributed by atoms with Crippen molar-refractivity contribution in [2.24, 2.45) is 5.73 Å². The van der Waals surface area contributed by atoms with Crippen LogP contribution >= 0.6 is 0 Å². The van der Waals surface area contributed by atoms with E-state index < -0.39 is 10.8 Å². The Kier molecular flexibility index (Phi) is 4.33. The van der Waals surface area contributed by atoms with Crippen molar-refractivity contribution < 1.29 is 19.2 Å². The Balaban J connectivity index is 1.78. The standard InChI is InChI=1S/C12H14N4O5/c13-11(17)7-21-10-5-15(6-10)12(18)14-8-1-3-9(4-2-8)16(19)20/h1-4,10H,5-7H2,(H2,13,17)(H,14,18). The molecule has 3 N–H and O–H groups in total. The number of nitro benzene ring substituents is 1. The van der Waals surface area contributed by atoms with Crippen molar-refractivity contribution in [2.75, 3.05) is 25.0 Å². The van der Waals surface area contributed by atoms with E-state index >= 15 is 0 Å². The van der Waals surface area contributed by atoms with Crippen LogP contribution in [-0.2, 0) is 9.53 Å². The number of urea groups is 1. The number of likely N-dealkylation sites (tertiary alicyclic amines) is 1. The highest BCUT2D eigenvalue weighted by Gasteiger charge is 2.31. The monoisotopic (exact) mass is 294 g/mol. The lowest BCUT2D eigenvalue weighted by atomic mass is 10.2. The van der Waals surface area contributed by atoms with Crippen molar-refractivity contribution in [2.45, 2.75) is 6.10 Å². The van der Waals surface area contributed by atoms with Gasteiger partial charge in [-0.3, -0.25) is 14.9 Å². The lowest BCUT2D eigenvalue weighted by molar-refractivity contribution is -0.384. The molecule has 3 amide bonds. The van der Waals surface area contributed by atoms with Gasteiger partial charge in [-0.15, -0.1) is 0 Å². The fourth-order valence-electron chi connectivity index (χ4n) is 1.78. The van der Waals surface area contributed by atoms with Crippen LogP contribution in [0.15, 0.2) is 24.3 Å². The summed E-state index contributed by atoms with van der Waals surface area (Å²) in [4.78, 5) is 33.9. The lowest BCUT2D eigenvalue weighted by Crippen LogP contribution is -2.56. The Morgan fingerprint density at radius 1 is 1.38 bits per heavy atom. The predicted octanol–water partition coefficient (Wildman–Crippen LogP) is 0.313. The second kappa shape index (κ2) is 6.18. The molecule has 0 bridgehead atoms. The molecule has 1 aromatic carbocycles. The van der Waals surface area contributed by atoms with Gasteiger partial charge in [0.05, 0.1) is 24.1 Å². The zero-order valence-corrected chi connectivity index (χ0v) is 11.0. The molecule has 0 aliphatic carbocycles. The first-order valence-electron chi connectivity index (χ1n) is 6.16. The van der Waals surface area contributed by atoms with Crippen molar-refractivity contribution in [3.8, 4) is 0 Å². The number of ether oxygens (including phenoxy) is 1. The number of primary amides is 1. The normalized spacial score (nSPS) is 14.4. The first kappa shape index (κ1) is 14.7. The first-order chi connectivity index (χ1) is 9.95. The minimum atomic E-state index is -0.552. The summed E-state index contributed by atoms with van der Waals surface area (Å²) >= 11 is 0. The molecule has 0 radical (unpaired) electrons. The van der Waals surface area contributed by atoms with Crippen molar-refractivity contribution >= 4 is 23.3 Å². The molecule has 1 aliphatic heterocycles. The van der Waals surface area contributed by atoms with Crippen LogP contribution < -0.4 is 11.1 Å². The van der Waals surface area contributed by atoms with Gasteiger partial charge >= 0.3 is 6.03 Å². The summed E-state index contributed by atoms with van der Waals surface area (Å²) in [5, 5.41) is 13.1. The van der Waals surface area contributed by atoms with E-state index in [1.807, 2.05) is 0 Å². The fraction of sp³-hybridized carbons (Fsp3) is 0.333. The van der Waals surface area contributed by atoms with Gasteiger partial charge < -0.3 is 20.7 Å². The maximum absolute atomic E-state index is 11.8. The van der Waals surface area contributed by atoms with Gasteiger partial charge in [0.2, 0.25) is 5.91 Å². The van der Waals surface area contributed by atoms with Gasteiger partial charge in [0.25, 0.3) is 5.69 Å². The van der Waals surface area contributed by atoms with Crippen molar-refractivity contribution in [1.82, 2.24) is 4.90 Å². The molecule has 2 rings (SSSR count). The number of nitrogens with zero attached hydrogens (tertiary/aromatic N) is 2. The zero-order valence-electron chi connectivity index (χ0n) is 11.0. The van der Waals surface area contributed by atoms with Crippen LogP contribution in [0.2, 0.25) is 0 Å². The van der Waals surface area contributed by atoms with Gasteiger partial charge in [-0.2, -0.15) is 0 Å². The third-order valence-electron chi connectivity index (χ3n) is 2.93. The highest BCUT2D eigenvalue weighted by Crippen LogP contribution is 2.18. The molecule has 1 heterocycles. The number of carbonyl (C=O) groups excluding carboxylic acids is 2. The average Bonchev–Trinajstić information content (AvgIpc) is 2.37. The number of hydrogen-bond acceptors (Lipinski definition) is 5. The Hall–Kier alpha value is -2.68. The molecule has 112 valence electrons. The maximum Gasteiger partial charge on any atom is 0.322 e. The van der Waals surface area contributed by atoms with Crippen molar-refractivity contribution in [1.29, 1.82) is 0 Å². The Morgan fingerprint density at radius 2 is 2.00 bits per heavy atom. The number of carbonyl (C=O) groups is 2. The van der Waals surface area contributed by atoms with E-state index in [9.17, 15) is 19.7 Å². The lowest BCUT2D eigenvalue weighted by Gasteiger charge is -2.38. The molecule has 9 heteroatoms. The number of non-ortho nitro benzene ring substituents is 1. The molecule has 9 nitrogen and oxygen atoms in total. The molecular weight excluding hydrogens is 280 g/mol. The highest BCUT2D eigenvalue weighted by molar-refractivity contribution is 5.90. The smallest absolute Gasteiger partial charge is 0.322 e. The van der Waals surface area contributed by atoms with Gasteiger partial charge in [0.15, 0.2) is 0 Å². The van der Waals surface area contributed by atoms with Gasteiger partial charge in [-0.1, -0.05) is 0 Å². The van der Waals surface area contributed by atoms with Crippen LogP contribution in [0.3, 0.4) is 0 Å². The number of anilines is 1. The molecule has 21 heavy (non-hydrogen) atoms. The van der Waals surface area contributed by atoms with Gasteiger partial charge in [0, 0.05) is 17.8 Å². The summed E-state index contributed by atoms with van der Waals surface area (Å²) in [6, 6.07) is 5.20. The number of rotatable bonds is 5. The average molecular weight is 294 g/mol. The summed E-state index contributed by atoms with van der Waals surface area (Å²) in [6.07, 6.45) is -0.194. The number of nitro groups is 1. The van der Waals surface area contributed by atoms with E-state index in [1.165, 1.54) is 29.2 Å². The first-order valence-corrected chi connectivity index (χ1v) is 6.16. The van der Waals surface area contributed by atoms with Crippen LogP contribution in [0.1, 0.15) is 0 Å². The van der Waals surface area contributed by atoms with E-state index in [4.69, 9.17) is 10.5 Å². The van der Waals surface area contributed by atoms with E-state index in [0.717, 1.165) is 0 Å².